The van der Waals surface area contributed by atoms with Crippen molar-refractivity contribution >= 4 is 44.3 Å². The number of carbonyl (C=O) groups excluding carboxylic acids is 1. The molecule has 1 heterocycles. The molecule has 0 saturated carbocycles. The van der Waals surface area contributed by atoms with Crippen LogP contribution in [0.5, 0.6) is 0 Å². The number of fused-ring (bicyclic) bond motifs is 1. The maximum Gasteiger partial charge on any atom is 0.151 e. The number of rotatable bonds is 1. The van der Waals surface area contributed by atoms with Gasteiger partial charge < -0.3 is 5.73 Å². The summed E-state index contributed by atoms with van der Waals surface area (Å²) >= 11 is 7.31. The molecule has 0 aliphatic carbocycles. The molecule has 1 aromatic heterocycles. The van der Waals surface area contributed by atoms with Gasteiger partial charge in [-0.3, -0.25) is 4.79 Å². The van der Waals surface area contributed by atoms with Crippen molar-refractivity contribution in [2.24, 2.45) is 0 Å². The zero-order chi connectivity index (χ0) is 9.42. The summed E-state index contributed by atoms with van der Waals surface area (Å²) < 4.78 is 0.861. The zero-order valence-electron chi connectivity index (χ0n) is 6.58. The summed E-state index contributed by atoms with van der Waals surface area (Å²) in [6.45, 7) is 0. The van der Waals surface area contributed by atoms with Gasteiger partial charge in [-0.15, -0.1) is 11.3 Å². The Hall–Kier alpha value is -1.06. The minimum absolute atomic E-state index is 0.633. The molecular weight excluding hydrogens is 206 g/mol. The Kier molecular flexibility index (Phi) is 1.98. The van der Waals surface area contributed by atoms with Crippen molar-refractivity contribution in [2.75, 3.05) is 5.73 Å². The number of nitrogen functional groups attached to an aromatic ring is 1. The largest absolute Gasteiger partial charge is 0.391 e. The van der Waals surface area contributed by atoms with Crippen molar-refractivity contribution in [3.05, 3.63) is 28.8 Å². The highest BCUT2D eigenvalue weighted by Crippen LogP contribution is 2.34. The third-order valence-corrected chi connectivity index (χ3v) is 3.15. The second kappa shape index (κ2) is 3.01. The lowest BCUT2D eigenvalue weighted by Crippen LogP contribution is -1.78. The molecule has 2 aromatic rings. The topological polar surface area (TPSA) is 43.1 Å². The monoisotopic (exact) mass is 211 g/mol. The van der Waals surface area contributed by atoms with Crippen LogP contribution in [-0.4, -0.2) is 6.29 Å². The summed E-state index contributed by atoms with van der Waals surface area (Å²) in [6, 6.07) is 5.20. The molecule has 2 nitrogen and oxygen atoms in total. The van der Waals surface area contributed by atoms with Crippen LogP contribution in [0.4, 0.5) is 5.00 Å². The first kappa shape index (κ1) is 8.53. The molecule has 4 heteroatoms. The molecular formula is C9H6ClNOS. The number of hydrogen-bond acceptors (Lipinski definition) is 3. The van der Waals surface area contributed by atoms with Gasteiger partial charge in [0.05, 0.1) is 5.00 Å². The van der Waals surface area contributed by atoms with Crippen molar-refractivity contribution in [1.82, 2.24) is 0 Å². The summed E-state index contributed by atoms with van der Waals surface area (Å²) in [6.07, 6.45) is 0.814. The van der Waals surface area contributed by atoms with Gasteiger partial charge in [-0.25, -0.2) is 0 Å². The SMILES string of the molecule is Nc1cc2c(Cl)ccc(C=O)c2s1. The molecule has 0 bridgehead atoms. The minimum Gasteiger partial charge on any atom is -0.391 e. The fourth-order valence-electron chi connectivity index (χ4n) is 1.22. The van der Waals surface area contributed by atoms with E-state index in [-0.39, 0.29) is 0 Å². The standard InChI is InChI=1S/C9H6ClNOS/c10-7-2-1-5(4-12)9-6(7)3-8(11)13-9/h1-4H,11H2. The van der Waals surface area contributed by atoms with E-state index in [2.05, 4.69) is 0 Å². The number of aldehydes is 1. The highest BCUT2D eigenvalue weighted by Gasteiger charge is 2.07. The van der Waals surface area contributed by atoms with Gasteiger partial charge in [-0.1, -0.05) is 11.6 Å². The van der Waals surface area contributed by atoms with Gasteiger partial charge in [0.1, 0.15) is 0 Å². The third kappa shape index (κ3) is 1.30. The van der Waals surface area contributed by atoms with Gasteiger partial charge in [0.2, 0.25) is 0 Å². The number of thiophene rings is 1. The van der Waals surface area contributed by atoms with Crippen molar-refractivity contribution in [3.8, 4) is 0 Å². The second-order valence-electron chi connectivity index (χ2n) is 2.65. The molecule has 66 valence electrons. The summed E-state index contributed by atoms with van der Waals surface area (Å²) in [5.74, 6) is 0. The molecule has 2 rings (SSSR count). The molecule has 13 heavy (non-hydrogen) atoms. The van der Waals surface area contributed by atoms with Crippen LogP contribution in [0.25, 0.3) is 10.1 Å². The fourth-order valence-corrected chi connectivity index (χ4v) is 2.42. The lowest BCUT2D eigenvalue weighted by Gasteiger charge is -1.95. The Balaban J connectivity index is 2.91. The zero-order valence-corrected chi connectivity index (χ0v) is 8.15. The van der Waals surface area contributed by atoms with Crippen LogP contribution in [0, 0.1) is 0 Å². The number of anilines is 1. The maximum absolute atomic E-state index is 10.7. The van der Waals surface area contributed by atoms with E-state index in [0.717, 1.165) is 16.4 Å². The molecule has 0 fully saturated rings. The Morgan fingerprint density at radius 3 is 2.92 bits per heavy atom. The Labute approximate surface area is 83.9 Å². The van der Waals surface area contributed by atoms with Gasteiger partial charge in [0.25, 0.3) is 0 Å². The first-order valence-corrected chi connectivity index (χ1v) is 4.84. The van der Waals surface area contributed by atoms with Gasteiger partial charge >= 0.3 is 0 Å². The number of halogens is 1. The van der Waals surface area contributed by atoms with Gasteiger partial charge in [0.15, 0.2) is 6.29 Å². The van der Waals surface area contributed by atoms with E-state index in [1.54, 1.807) is 18.2 Å². The first-order chi connectivity index (χ1) is 6.22. The van der Waals surface area contributed by atoms with Crippen LogP contribution in [-0.2, 0) is 0 Å². The third-order valence-electron chi connectivity index (χ3n) is 1.81. The van der Waals surface area contributed by atoms with Crippen molar-refractivity contribution < 1.29 is 4.79 Å². The van der Waals surface area contributed by atoms with Crippen LogP contribution in [0.15, 0.2) is 18.2 Å². The minimum atomic E-state index is 0.633. The van der Waals surface area contributed by atoms with E-state index >= 15 is 0 Å². The molecule has 0 saturated heterocycles. The Morgan fingerprint density at radius 1 is 1.46 bits per heavy atom. The van der Waals surface area contributed by atoms with E-state index in [0.29, 0.717) is 15.6 Å². The van der Waals surface area contributed by atoms with E-state index in [1.807, 2.05) is 0 Å². The lowest BCUT2D eigenvalue weighted by molar-refractivity contribution is 0.112. The fraction of sp³-hybridized carbons (Fsp3) is 0. The Bertz CT molecular complexity index is 478. The van der Waals surface area contributed by atoms with Crippen molar-refractivity contribution in [3.63, 3.8) is 0 Å². The summed E-state index contributed by atoms with van der Waals surface area (Å²) in [5, 5.41) is 2.16. The van der Waals surface area contributed by atoms with Crippen LogP contribution in [0.3, 0.4) is 0 Å². The van der Waals surface area contributed by atoms with E-state index in [4.69, 9.17) is 17.3 Å². The van der Waals surface area contributed by atoms with Crippen LogP contribution in [0.2, 0.25) is 5.02 Å². The summed E-state index contributed by atoms with van der Waals surface area (Å²) in [5.41, 5.74) is 6.27. The molecule has 0 aliphatic heterocycles. The summed E-state index contributed by atoms with van der Waals surface area (Å²) in [7, 11) is 0. The lowest BCUT2D eigenvalue weighted by atomic mass is 10.2. The molecule has 0 spiro atoms. The summed E-state index contributed by atoms with van der Waals surface area (Å²) in [4.78, 5) is 10.7. The maximum atomic E-state index is 10.7. The van der Waals surface area contributed by atoms with Gasteiger partial charge in [-0.05, 0) is 18.2 Å². The predicted octanol–water partition coefficient (Wildman–Crippen LogP) is 2.95. The second-order valence-corrected chi connectivity index (χ2v) is 4.14. The van der Waals surface area contributed by atoms with Gasteiger partial charge in [-0.2, -0.15) is 0 Å². The molecule has 0 amide bonds. The van der Waals surface area contributed by atoms with Crippen LogP contribution in [0.1, 0.15) is 10.4 Å². The normalized spacial score (nSPS) is 10.5. The molecule has 2 N–H and O–H groups in total. The quantitative estimate of drug-likeness (QED) is 0.737. The predicted molar refractivity (Wildman–Crippen MR) is 56.6 cm³/mol. The highest BCUT2D eigenvalue weighted by atomic mass is 35.5. The van der Waals surface area contributed by atoms with Gasteiger partial charge in [0, 0.05) is 20.7 Å². The smallest absolute Gasteiger partial charge is 0.151 e. The van der Waals surface area contributed by atoms with Crippen LogP contribution >= 0.6 is 22.9 Å². The first-order valence-electron chi connectivity index (χ1n) is 3.65. The Morgan fingerprint density at radius 2 is 2.23 bits per heavy atom. The van der Waals surface area contributed by atoms with E-state index in [1.165, 1.54) is 11.3 Å². The number of nitrogens with two attached hydrogens (primary N) is 1. The molecule has 1 aromatic carbocycles. The van der Waals surface area contributed by atoms with Crippen LogP contribution < -0.4 is 5.73 Å². The number of hydrogen-bond donors (Lipinski definition) is 1. The molecule has 0 unspecified atom stereocenters. The van der Waals surface area contributed by atoms with Crippen molar-refractivity contribution in [1.29, 1.82) is 0 Å². The van der Waals surface area contributed by atoms with E-state index in [9.17, 15) is 4.79 Å². The molecule has 0 radical (unpaired) electrons. The average Bonchev–Trinajstić information content (AvgIpc) is 2.48. The van der Waals surface area contributed by atoms with E-state index < -0.39 is 0 Å². The highest BCUT2D eigenvalue weighted by molar-refractivity contribution is 7.23. The number of benzene rings is 1. The van der Waals surface area contributed by atoms with Crippen molar-refractivity contribution in [2.45, 2.75) is 0 Å². The average molecular weight is 212 g/mol. The molecule has 0 aliphatic rings. The number of carbonyl (C=O) groups is 1. The molecule has 0 atom stereocenters.